The third-order valence-corrected chi connectivity index (χ3v) is 6.51. The molecule has 0 saturated heterocycles. The van der Waals surface area contributed by atoms with Crippen LogP contribution in [0.4, 0.5) is 5.69 Å². The molecule has 1 aliphatic heterocycles. The Morgan fingerprint density at radius 3 is 2.61 bits per heavy atom. The van der Waals surface area contributed by atoms with Crippen molar-refractivity contribution in [2.75, 3.05) is 24.9 Å². The molecule has 0 fully saturated rings. The van der Waals surface area contributed by atoms with Crippen LogP contribution in [0.2, 0.25) is 0 Å². The highest BCUT2D eigenvalue weighted by Crippen LogP contribution is 2.32. The topological polar surface area (TPSA) is 71.8 Å². The van der Waals surface area contributed by atoms with Crippen LogP contribution in [0.3, 0.4) is 0 Å². The number of carbonyl (C=O) groups excluding carboxylic acids is 2. The zero-order valence-electron chi connectivity index (χ0n) is 19.0. The molecule has 3 aromatic rings. The van der Waals surface area contributed by atoms with E-state index in [1.165, 1.54) is 0 Å². The molecule has 0 radical (unpaired) electrons. The van der Waals surface area contributed by atoms with Gasteiger partial charge in [-0.05, 0) is 56.3 Å². The maximum atomic E-state index is 12.9. The Morgan fingerprint density at radius 2 is 1.91 bits per heavy atom. The van der Waals surface area contributed by atoms with Gasteiger partial charge in [0.05, 0.1) is 12.5 Å². The van der Waals surface area contributed by atoms with Gasteiger partial charge in [0, 0.05) is 47.8 Å². The fraction of sp³-hybridized carbons (Fsp3) is 0.308. The number of anilines is 1. The molecule has 0 saturated carbocycles. The molecule has 1 N–H and O–H groups in total. The van der Waals surface area contributed by atoms with Crippen LogP contribution in [0.15, 0.2) is 59.0 Å². The molecule has 0 unspecified atom stereocenters. The molecule has 0 atom stereocenters. The van der Waals surface area contributed by atoms with Crippen LogP contribution in [-0.4, -0.2) is 36.2 Å². The molecule has 0 bridgehead atoms. The molecule has 2 heterocycles. The molecule has 1 aliphatic rings. The summed E-state index contributed by atoms with van der Waals surface area (Å²) in [6.45, 7) is 4.69. The molecule has 0 aliphatic carbocycles. The van der Waals surface area contributed by atoms with E-state index in [1.807, 2.05) is 35.2 Å². The van der Waals surface area contributed by atoms with Gasteiger partial charge in [0.2, 0.25) is 5.91 Å². The molecule has 2 aromatic carbocycles. The number of benzene rings is 2. The van der Waals surface area contributed by atoms with Gasteiger partial charge in [0.25, 0.3) is 5.91 Å². The van der Waals surface area contributed by atoms with E-state index in [2.05, 4.69) is 5.32 Å². The first-order valence-corrected chi connectivity index (χ1v) is 11.4. The molecule has 6 nitrogen and oxygen atoms in total. The molecule has 1 aromatic heterocycles. The predicted octanol–water partition coefficient (Wildman–Crippen LogP) is 5.36. The van der Waals surface area contributed by atoms with E-state index < -0.39 is 5.41 Å². The summed E-state index contributed by atoms with van der Waals surface area (Å²) < 4.78 is 11.3. The van der Waals surface area contributed by atoms with Crippen molar-refractivity contribution in [3.05, 3.63) is 71.5 Å². The normalized spacial score (nSPS) is 13.4. The first-order valence-electron chi connectivity index (χ1n) is 10.8. The fourth-order valence-corrected chi connectivity index (χ4v) is 3.80. The van der Waals surface area contributed by atoms with Crippen LogP contribution < -0.4 is 10.1 Å². The number of halogens is 1. The van der Waals surface area contributed by atoms with Gasteiger partial charge in [-0.25, -0.2) is 0 Å². The molecular weight excluding hydrogens is 440 g/mol. The van der Waals surface area contributed by atoms with Crippen molar-refractivity contribution in [2.24, 2.45) is 5.41 Å². The second-order valence-electron chi connectivity index (χ2n) is 8.82. The summed E-state index contributed by atoms with van der Waals surface area (Å²) in [5, 5.41) is 2.93. The van der Waals surface area contributed by atoms with Crippen molar-refractivity contribution in [1.82, 2.24) is 4.90 Å². The number of carbonyl (C=O) groups is 2. The quantitative estimate of drug-likeness (QED) is 0.496. The summed E-state index contributed by atoms with van der Waals surface area (Å²) in [4.78, 5) is 27.2. The van der Waals surface area contributed by atoms with E-state index in [9.17, 15) is 9.59 Å². The van der Waals surface area contributed by atoms with Crippen LogP contribution in [-0.2, 0) is 17.8 Å². The minimum Gasteiger partial charge on any atom is -0.497 e. The first kappa shape index (κ1) is 22.9. The summed E-state index contributed by atoms with van der Waals surface area (Å²) in [5.41, 5.74) is 2.50. The molecule has 7 heteroatoms. The highest BCUT2D eigenvalue weighted by atomic mass is 35.5. The second-order valence-corrected chi connectivity index (χ2v) is 9.08. The minimum atomic E-state index is -0.665. The van der Waals surface area contributed by atoms with Crippen LogP contribution in [0.1, 0.15) is 35.5 Å². The van der Waals surface area contributed by atoms with Crippen molar-refractivity contribution in [3.8, 4) is 17.1 Å². The highest BCUT2D eigenvalue weighted by molar-refractivity contribution is 6.20. The van der Waals surface area contributed by atoms with Gasteiger partial charge < -0.3 is 19.4 Å². The summed E-state index contributed by atoms with van der Waals surface area (Å²) in [6.07, 6.45) is 0.650. The Kier molecular flexibility index (Phi) is 6.47. The lowest BCUT2D eigenvalue weighted by Gasteiger charge is -2.26. The lowest BCUT2D eigenvalue weighted by molar-refractivity contribution is -0.122. The number of nitrogens with one attached hydrogen (secondary N) is 1. The van der Waals surface area contributed by atoms with E-state index in [1.54, 1.807) is 45.2 Å². The number of fused-ring (bicyclic) bond motifs is 1. The largest absolute Gasteiger partial charge is 0.497 e. The number of amides is 2. The summed E-state index contributed by atoms with van der Waals surface area (Å²) in [6, 6.07) is 16.7. The minimum absolute atomic E-state index is 0.0160. The monoisotopic (exact) mass is 466 g/mol. The fourth-order valence-electron chi connectivity index (χ4n) is 3.68. The average Bonchev–Trinajstić information content (AvgIpc) is 3.27. The SMILES string of the molecule is COc1ccc(C(=O)N2CCc3oc(-c4cccc(NC(=O)C(C)(C)CCl)c4)cc3C2)cc1. The molecule has 172 valence electrons. The van der Waals surface area contributed by atoms with Crippen LogP contribution in [0.25, 0.3) is 11.3 Å². The lowest BCUT2D eigenvalue weighted by atomic mass is 9.95. The van der Waals surface area contributed by atoms with Gasteiger partial charge >= 0.3 is 0 Å². The Hall–Kier alpha value is -3.25. The van der Waals surface area contributed by atoms with Gasteiger partial charge in [-0.3, -0.25) is 9.59 Å². The summed E-state index contributed by atoms with van der Waals surface area (Å²) in [5.74, 6) is 2.40. The van der Waals surface area contributed by atoms with Crippen LogP contribution in [0, 0.1) is 5.41 Å². The van der Waals surface area contributed by atoms with Crippen LogP contribution >= 0.6 is 11.6 Å². The predicted molar refractivity (Wildman–Crippen MR) is 129 cm³/mol. The van der Waals surface area contributed by atoms with Gasteiger partial charge in [0.15, 0.2) is 0 Å². The molecule has 0 spiro atoms. The number of hydrogen-bond acceptors (Lipinski definition) is 4. The first-order chi connectivity index (χ1) is 15.8. The van der Waals surface area contributed by atoms with Crippen molar-refractivity contribution in [3.63, 3.8) is 0 Å². The molecule has 4 rings (SSSR count). The van der Waals surface area contributed by atoms with Gasteiger partial charge in [0.1, 0.15) is 17.3 Å². The zero-order valence-corrected chi connectivity index (χ0v) is 19.7. The van der Waals surface area contributed by atoms with E-state index in [0.717, 1.165) is 22.6 Å². The van der Waals surface area contributed by atoms with E-state index in [-0.39, 0.29) is 17.7 Å². The third kappa shape index (κ3) is 4.91. The number of alkyl halides is 1. The van der Waals surface area contributed by atoms with Gasteiger partial charge in [-0.1, -0.05) is 12.1 Å². The number of furan rings is 1. The Labute approximate surface area is 198 Å². The zero-order chi connectivity index (χ0) is 23.6. The van der Waals surface area contributed by atoms with Crippen molar-refractivity contribution < 1.29 is 18.7 Å². The lowest BCUT2D eigenvalue weighted by Crippen LogP contribution is -2.35. The second kappa shape index (κ2) is 9.32. The summed E-state index contributed by atoms with van der Waals surface area (Å²) >= 11 is 5.92. The smallest absolute Gasteiger partial charge is 0.254 e. The van der Waals surface area contributed by atoms with Gasteiger partial charge in [-0.15, -0.1) is 11.6 Å². The Bertz CT molecular complexity index is 1170. The maximum Gasteiger partial charge on any atom is 0.254 e. The molecular formula is C26H27ClN2O4. The molecule has 33 heavy (non-hydrogen) atoms. The maximum absolute atomic E-state index is 12.9. The highest BCUT2D eigenvalue weighted by Gasteiger charge is 2.27. The van der Waals surface area contributed by atoms with E-state index in [0.29, 0.717) is 36.5 Å². The van der Waals surface area contributed by atoms with E-state index in [4.69, 9.17) is 20.8 Å². The number of nitrogens with zero attached hydrogens (tertiary/aromatic N) is 1. The van der Waals surface area contributed by atoms with Crippen LogP contribution in [0.5, 0.6) is 5.75 Å². The number of rotatable bonds is 6. The molecule has 2 amide bonds. The van der Waals surface area contributed by atoms with E-state index >= 15 is 0 Å². The van der Waals surface area contributed by atoms with Crippen molar-refractivity contribution >= 4 is 29.1 Å². The van der Waals surface area contributed by atoms with Gasteiger partial charge in [-0.2, -0.15) is 0 Å². The third-order valence-electron chi connectivity index (χ3n) is 5.84. The van der Waals surface area contributed by atoms with Crippen molar-refractivity contribution in [2.45, 2.75) is 26.8 Å². The van der Waals surface area contributed by atoms with Crippen molar-refractivity contribution in [1.29, 1.82) is 0 Å². The summed E-state index contributed by atoms with van der Waals surface area (Å²) in [7, 11) is 1.60. The Morgan fingerprint density at radius 1 is 1.15 bits per heavy atom. The number of ether oxygens (including phenoxy) is 1. The number of hydrogen-bond donors (Lipinski definition) is 1. The number of methoxy groups -OCH3 is 1. The standard InChI is InChI=1S/C26H27ClN2O4/c1-26(2,16-27)25(31)28-20-6-4-5-18(13-20)23-14-19-15-29(12-11-22(19)33-23)24(30)17-7-9-21(32-3)10-8-17/h4-10,13-14H,11-12,15-16H2,1-3H3,(H,28,31). The Balaban J connectivity index is 1.50. The average molecular weight is 467 g/mol.